The summed E-state index contributed by atoms with van der Waals surface area (Å²) in [4.78, 5) is 15.8. The van der Waals surface area contributed by atoms with Crippen LogP contribution < -0.4 is 10.6 Å². The fourth-order valence-electron chi connectivity index (χ4n) is 1.87. The van der Waals surface area contributed by atoms with Crippen molar-refractivity contribution in [2.24, 2.45) is 0 Å². The number of nitrogens with one attached hydrogen (secondary N) is 2. The van der Waals surface area contributed by atoms with Gasteiger partial charge in [-0.25, -0.2) is 9.31 Å². The van der Waals surface area contributed by atoms with Crippen molar-refractivity contribution in [2.75, 3.05) is 5.32 Å². The molecule has 0 aromatic carbocycles. The molecule has 106 valence electrons. The van der Waals surface area contributed by atoms with Gasteiger partial charge in [0.25, 0.3) is 0 Å². The van der Waals surface area contributed by atoms with E-state index in [2.05, 4.69) is 36.6 Å². The third-order valence-electron chi connectivity index (χ3n) is 2.84. The van der Waals surface area contributed by atoms with Crippen LogP contribution in [0.15, 0.2) is 53.4 Å². The second-order valence-corrected chi connectivity index (χ2v) is 5.33. The van der Waals surface area contributed by atoms with Gasteiger partial charge >= 0.3 is 6.03 Å². The Morgan fingerprint density at radius 3 is 3.05 bits per heavy atom. The Balaban J connectivity index is 1.63. The number of urea groups is 1. The first-order chi connectivity index (χ1) is 10.2. The number of hydrogen-bond donors (Lipinski definition) is 2. The van der Waals surface area contributed by atoms with E-state index in [-0.39, 0.29) is 6.03 Å². The molecule has 0 aliphatic carbocycles. The lowest BCUT2D eigenvalue weighted by molar-refractivity contribution is 0.251. The van der Waals surface area contributed by atoms with E-state index in [1.54, 1.807) is 23.0 Å². The molecule has 3 aromatic rings. The van der Waals surface area contributed by atoms with Crippen LogP contribution in [-0.2, 0) is 6.54 Å². The molecule has 6 nitrogen and oxygen atoms in total. The lowest BCUT2D eigenvalue weighted by atomic mass is 10.3. The van der Waals surface area contributed by atoms with Crippen molar-refractivity contribution in [3.05, 3.63) is 59.0 Å². The highest BCUT2D eigenvalue weighted by molar-refractivity contribution is 9.10. The van der Waals surface area contributed by atoms with Crippen LogP contribution in [0.25, 0.3) is 5.52 Å². The minimum Gasteiger partial charge on any atom is -0.334 e. The second kappa shape index (κ2) is 5.92. The Labute approximate surface area is 129 Å². The molecular formula is C14H12BrN5O. The highest BCUT2D eigenvalue weighted by Gasteiger charge is 2.06. The van der Waals surface area contributed by atoms with Gasteiger partial charge in [-0.2, -0.15) is 0 Å². The fraction of sp³-hybridized carbons (Fsp3) is 0.0714. The lowest BCUT2D eigenvalue weighted by Gasteiger charge is -2.04. The maximum absolute atomic E-state index is 11.8. The minimum absolute atomic E-state index is 0.304. The molecule has 2 N–H and O–H groups in total. The molecule has 0 atom stereocenters. The smallest absolute Gasteiger partial charge is 0.320 e. The standard InChI is InChI=1S/C14H12BrN5O/c15-11-3-4-12-6-13(19-20(12)9-11)18-14(21)17-8-10-2-1-5-16-7-10/h1-7,9H,8H2,(H2,17,18,19,21). The van der Waals surface area contributed by atoms with Crippen molar-refractivity contribution in [3.63, 3.8) is 0 Å². The normalized spacial score (nSPS) is 10.5. The molecule has 0 aliphatic heterocycles. The molecule has 2 amide bonds. The fourth-order valence-corrected chi connectivity index (χ4v) is 2.19. The van der Waals surface area contributed by atoms with Crippen LogP contribution in [-0.4, -0.2) is 20.6 Å². The van der Waals surface area contributed by atoms with E-state index in [1.807, 2.05) is 30.5 Å². The Kier molecular flexibility index (Phi) is 3.83. The summed E-state index contributed by atoms with van der Waals surface area (Å²) in [6.45, 7) is 0.415. The van der Waals surface area contributed by atoms with E-state index in [0.717, 1.165) is 15.6 Å². The van der Waals surface area contributed by atoms with E-state index in [0.29, 0.717) is 12.4 Å². The van der Waals surface area contributed by atoms with Crippen LogP contribution in [0.3, 0.4) is 0 Å². The minimum atomic E-state index is -0.304. The zero-order chi connectivity index (χ0) is 14.7. The Morgan fingerprint density at radius 2 is 2.24 bits per heavy atom. The third kappa shape index (κ3) is 3.38. The third-order valence-corrected chi connectivity index (χ3v) is 3.31. The molecule has 3 rings (SSSR count). The molecule has 0 unspecified atom stereocenters. The van der Waals surface area contributed by atoms with Gasteiger partial charge in [-0.05, 0) is 39.7 Å². The Bertz CT molecular complexity index is 771. The Morgan fingerprint density at radius 1 is 1.33 bits per heavy atom. The summed E-state index contributed by atoms with van der Waals surface area (Å²) in [6, 6.07) is 9.06. The van der Waals surface area contributed by atoms with Crippen LogP contribution in [0, 0.1) is 0 Å². The number of nitrogens with zero attached hydrogens (tertiary/aromatic N) is 3. The summed E-state index contributed by atoms with van der Waals surface area (Å²) in [6.07, 6.45) is 5.23. The summed E-state index contributed by atoms with van der Waals surface area (Å²) in [5.74, 6) is 0.497. The van der Waals surface area contributed by atoms with Crippen molar-refractivity contribution in [2.45, 2.75) is 6.54 Å². The number of pyridine rings is 2. The number of aromatic nitrogens is 3. The number of hydrogen-bond acceptors (Lipinski definition) is 3. The van der Waals surface area contributed by atoms with Gasteiger partial charge in [0.15, 0.2) is 5.82 Å². The van der Waals surface area contributed by atoms with Gasteiger partial charge in [0.1, 0.15) is 0 Å². The molecule has 0 saturated carbocycles. The highest BCUT2D eigenvalue weighted by Crippen LogP contribution is 2.15. The monoisotopic (exact) mass is 345 g/mol. The molecule has 21 heavy (non-hydrogen) atoms. The molecular weight excluding hydrogens is 334 g/mol. The first kappa shape index (κ1) is 13.6. The zero-order valence-corrected chi connectivity index (χ0v) is 12.5. The first-order valence-corrected chi connectivity index (χ1v) is 7.09. The van der Waals surface area contributed by atoms with Gasteiger partial charge in [0.05, 0.1) is 5.52 Å². The second-order valence-electron chi connectivity index (χ2n) is 4.42. The first-order valence-electron chi connectivity index (χ1n) is 6.29. The van der Waals surface area contributed by atoms with E-state index < -0.39 is 0 Å². The van der Waals surface area contributed by atoms with Gasteiger partial charge in [-0.3, -0.25) is 10.3 Å². The lowest BCUT2D eigenvalue weighted by Crippen LogP contribution is -2.28. The van der Waals surface area contributed by atoms with Gasteiger partial charge in [-0.15, -0.1) is 5.10 Å². The van der Waals surface area contributed by atoms with Gasteiger partial charge in [0.2, 0.25) is 0 Å². The molecule has 0 aliphatic rings. The van der Waals surface area contributed by atoms with E-state index in [1.165, 1.54) is 0 Å². The molecule has 0 spiro atoms. The number of rotatable bonds is 3. The van der Waals surface area contributed by atoms with Gasteiger partial charge in [0, 0.05) is 35.7 Å². The van der Waals surface area contributed by atoms with E-state index in [4.69, 9.17) is 0 Å². The van der Waals surface area contributed by atoms with Crippen LogP contribution in [0.1, 0.15) is 5.56 Å². The Hall–Kier alpha value is -2.41. The topological polar surface area (TPSA) is 71.3 Å². The number of fused-ring (bicyclic) bond motifs is 1. The summed E-state index contributed by atoms with van der Waals surface area (Å²) in [7, 11) is 0. The number of amides is 2. The van der Waals surface area contributed by atoms with Crippen molar-refractivity contribution in [3.8, 4) is 0 Å². The molecule has 0 saturated heterocycles. The van der Waals surface area contributed by atoms with Crippen LogP contribution in [0.5, 0.6) is 0 Å². The largest absolute Gasteiger partial charge is 0.334 e. The van der Waals surface area contributed by atoms with Crippen molar-refractivity contribution in [1.82, 2.24) is 19.9 Å². The number of anilines is 1. The molecule has 0 radical (unpaired) electrons. The number of halogens is 1. The summed E-state index contributed by atoms with van der Waals surface area (Å²) < 4.78 is 2.62. The summed E-state index contributed by atoms with van der Waals surface area (Å²) in [5.41, 5.74) is 1.84. The predicted octanol–water partition coefficient (Wildman–Crippen LogP) is 2.81. The summed E-state index contributed by atoms with van der Waals surface area (Å²) >= 11 is 3.38. The van der Waals surface area contributed by atoms with E-state index >= 15 is 0 Å². The molecule has 7 heteroatoms. The van der Waals surface area contributed by atoms with E-state index in [9.17, 15) is 4.79 Å². The molecule has 3 aromatic heterocycles. The van der Waals surface area contributed by atoms with Crippen molar-refractivity contribution in [1.29, 1.82) is 0 Å². The maximum atomic E-state index is 11.8. The van der Waals surface area contributed by atoms with Crippen molar-refractivity contribution < 1.29 is 4.79 Å². The molecule has 0 fully saturated rings. The maximum Gasteiger partial charge on any atom is 0.320 e. The predicted molar refractivity (Wildman–Crippen MR) is 83.0 cm³/mol. The van der Waals surface area contributed by atoms with Crippen LogP contribution in [0.2, 0.25) is 0 Å². The average Bonchev–Trinajstić information content (AvgIpc) is 2.87. The zero-order valence-electron chi connectivity index (χ0n) is 11.0. The molecule has 3 heterocycles. The average molecular weight is 346 g/mol. The van der Waals surface area contributed by atoms with Crippen molar-refractivity contribution >= 4 is 33.3 Å². The molecule has 0 bridgehead atoms. The van der Waals surface area contributed by atoms with Gasteiger partial charge in [-0.1, -0.05) is 6.07 Å². The highest BCUT2D eigenvalue weighted by atomic mass is 79.9. The van der Waals surface area contributed by atoms with Gasteiger partial charge < -0.3 is 5.32 Å². The SMILES string of the molecule is O=C(NCc1cccnc1)Nc1cc2ccc(Br)cn2n1. The quantitative estimate of drug-likeness (QED) is 0.766. The summed E-state index contributed by atoms with van der Waals surface area (Å²) in [5, 5.41) is 9.73. The van der Waals surface area contributed by atoms with Crippen LogP contribution >= 0.6 is 15.9 Å². The number of carbonyl (C=O) groups excluding carboxylic acids is 1. The number of carbonyl (C=O) groups is 1. The van der Waals surface area contributed by atoms with Crippen LogP contribution in [0.4, 0.5) is 10.6 Å².